The second kappa shape index (κ2) is 7.39. The van der Waals surface area contributed by atoms with E-state index in [0.717, 1.165) is 39.1 Å². The average molecular weight is 290 g/mol. The molecule has 3 nitrogen and oxygen atoms in total. The molecule has 1 fully saturated rings. The highest BCUT2D eigenvalue weighted by Crippen LogP contribution is 2.15. The summed E-state index contributed by atoms with van der Waals surface area (Å²) in [5.74, 6) is 0. The van der Waals surface area contributed by atoms with Gasteiger partial charge in [0.2, 0.25) is 0 Å². The molecule has 3 heteroatoms. The summed E-state index contributed by atoms with van der Waals surface area (Å²) in [6.07, 6.45) is 2.75. The third-order valence-electron chi connectivity index (χ3n) is 4.00. The van der Waals surface area contributed by atoms with Gasteiger partial charge in [-0.25, -0.2) is 0 Å². The zero-order valence-electron chi connectivity index (χ0n) is 14.0. The van der Waals surface area contributed by atoms with Crippen LogP contribution in [0.4, 0.5) is 0 Å². The molecule has 1 aliphatic heterocycles. The Morgan fingerprint density at radius 1 is 1.10 bits per heavy atom. The fraction of sp³-hybridized carbons (Fsp3) is 0.667. The molecule has 0 aromatic heterocycles. The molecular weight excluding hydrogens is 260 g/mol. The van der Waals surface area contributed by atoms with Crippen LogP contribution in [0.15, 0.2) is 24.3 Å². The van der Waals surface area contributed by atoms with Gasteiger partial charge < -0.3 is 15.0 Å². The van der Waals surface area contributed by atoms with Crippen molar-refractivity contribution in [3.8, 4) is 0 Å². The van der Waals surface area contributed by atoms with E-state index in [2.05, 4.69) is 62.3 Å². The quantitative estimate of drug-likeness (QED) is 0.901. The van der Waals surface area contributed by atoms with Crippen LogP contribution in [0.2, 0.25) is 0 Å². The maximum Gasteiger partial charge on any atom is 0.0720 e. The van der Waals surface area contributed by atoms with Gasteiger partial charge in [0.05, 0.1) is 12.7 Å². The van der Waals surface area contributed by atoms with Crippen LogP contribution in [-0.4, -0.2) is 36.7 Å². The SMILES string of the molecule is CN1CCC(OCc2ccc(CNC(C)(C)C)cc2)CC1. The predicted molar refractivity (Wildman–Crippen MR) is 88.3 cm³/mol. The van der Waals surface area contributed by atoms with Crippen molar-refractivity contribution in [2.75, 3.05) is 20.1 Å². The van der Waals surface area contributed by atoms with Crippen LogP contribution in [-0.2, 0) is 17.9 Å². The maximum absolute atomic E-state index is 6.03. The molecule has 1 aromatic rings. The van der Waals surface area contributed by atoms with Crippen LogP contribution < -0.4 is 5.32 Å². The Morgan fingerprint density at radius 3 is 2.24 bits per heavy atom. The molecule has 1 aromatic carbocycles. The van der Waals surface area contributed by atoms with Crippen molar-refractivity contribution in [2.45, 2.75) is 58.4 Å². The molecule has 1 heterocycles. The molecule has 2 rings (SSSR count). The summed E-state index contributed by atoms with van der Waals surface area (Å²) in [5.41, 5.74) is 2.76. The standard InChI is InChI=1S/C18H30N2O/c1-18(2,3)19-13-15-5-7-16(8-6-15)14-21-17-9-11-20(4)12-10-17/h5-8,17,19H,9-14H2,1-4H3. The molecule has 0 atom stereocenters. The lowest BCUT2D eigenvalue weighted by Gasteiger charge is -2.28. The van der Waals surface area contributed by atoms with E-state index in [4.69, 9.17) is 4.74 Å². The van der Waals surface area contributed by atoms with E-state index in [9.17, 15) is 0 Å². The van der Waals surface area contributed by atoms with E-state index in [1.165, 1.54) is 11.1 Å². The normalized spacial score (nSPS) is 18.1. The van der Waals surface area contributed by atoms with Crippen molar-refractivity contribution in [1.29, 1.82) is 0 Å². The van der Waals surface area contributed by atoms with Crippen molar-refractivity contribution in [1.82, 2.24) is 10.2 Å². The number of hydrogen-bond donors (Lipinski definition) is 1. The molecule has 0 radical (unpaired) electrons. The Hall–Kier alpha value is -0.900. The van der Waals surface area contributed by atoms with E-state index in [1.54, 1.807) is 0 Å². The highest BCUT2D eigenvalue weighted by Gasteiger charge is 2.16. The second-order valence-electron chi connectivity index (χ2n) is 7.23. The zero-order chi connectivity index (χ0) is 15.3. The van der Waals surface area contributed by atoms with Gasteiger partial charge in [-0.1, -0.05) is 24.3 Å². The van der Waals surface area contributed by atoms with Gasteiger partial charge in [0, 0.05) is 25.2 Å². The minimum absolute atomic E-state index is 0.163. The molecule has 1 N–H and O–H groups in total. The number of ether oxygens (including phenoxy) is 1. The smallest absolute Gasteiger partial charge is 0.0720 e. The highest BCUT2D eigenvalue weighted by atomic mass is 16.5. The van der Waals surface area contributed by atoms with Crippen LogP contribution in [0, 0.1) is 0 Å². The van der Waals surface area contributed by atoms with Crippen molar-refractivity contribution >= 4 is 0 Å². The lowest BCUT2D eigenvalue weighted by molar-refractivity contribution is 0.00213. The first-order chi connectivity index (χ1) is 9.92. The zero-order valence-corrected chi connectivity index (χ0v) is 14.0. The lowest BCUT2D eigenvalue weighted by atomic mass is 10.1. The second-order valence-corrected chi connectivity index (χ2v) is 7.23. The molecule has 0 aliphatic carbocycles. The Bertz CT molecular complexity index is 414. The number of benzene rings is 1. The number of piperidine rings is 1. The van der Waals surface area contributed by atoms with Gasteiger partial charge in [0.15, 0.2) is 0 Å². The average Bonchev–Trinajstić information content (AvgIpc) is 2.45. The highest BCUT2D eigenvalue weighted by molar-refractivity contribution is 5.22. The van der Waals surface area contributed by atoms with Gasteiger partial charge in [-0.2, -0.15) is 0 Å². The largest absolute Gasteiger partial charge is 0.373 e. The summed E-state index contributed by atoms with van der Waals surface area (Å²) in [4.78, 5) is 2.37. The summed E-state index contributed by atoms with van der Waals surface area (Å²) in [6.45, 7) is 10.5. The van der Waals surface area contributed by atoms with E-state index >= 15 is 0 Å². The van der Waals surface area contributed by atoms with Gasteiger partial charge in [-0.05, 0) is 51.8 Å². The minimum Gasteiger partial charge on any atom is -0.373 e. The third-order valence-corrected chi connectivity index (χ3v) is 4.00. The van der Waals surface area contributed by atoms with E-state index < -0.39 is 0 Å². The van der Waals surface area contributed by atoms with Crippen molar-refractivity contribution in [2.24, 2.45) is 0 Å². The van der Waals surface area contributed by atoms with Crippen molar-refractivity contribution < 1.29 is 4.74 Å². The van der Waals surface area contributed by atoms with Gasteiger partial charge in [0.25, 0.3) is 0 Å². The van der Waals surface area contributed by atoms with E-state index in [-0.39, 0.29) is 5.54 Å². The molecule has 0 unspecified atom stereocenters. The minimum atomic E-state index is 0.163. The molecule has 0 bridgehead atoms. The summed E-state index contributed by atoms with van der Waals surface area (Å²) < 4.78 is 6.03. The maximum atomic E-state index is 6.03. The van der Waals surface area contributed by atoms with Crippen LogP contribution in [0.5, 0.6) is 0 Å². The first kappa shape index (κ1) is 16.5. The van der Waals surface area contributed by atoms with Gasteiger partial charge in [-0.15, -0.1) is 0 Å². The van der Waals surface area contributed by atoms with Crippen LogP contribution in [0.25, 0.3) is 0 Å². The van der Waals surface area contributed by atoms with Crippen LogP contribution in [0.3, 0.4) is 0 Å². The Morgan fingerprint density at radius 2 is 1.67 bits per heavy atom. The van der Waals surface area contributed by atoms with E-state index in [0.29, 0.717) is 6.10 Å². The Balaban J connectivity index is 1.74. The molecular formula is C18H30N2O. The molecule has 21 heavy (non-hydrogen) atoms. The summed E-state index contributed by atoms with van der Waals surface area (Å²) >= 11 is 0. The number of rotatable bonds is 5. The van der Waals surface area contributed by atoms with Gasteiger partial charge in [0.1, 0.15) is 0 Å². The van der Waals surface area contributed by atoms with E-state index in [1.807, 2.05) is 0 Å². The van der Waals surface area contributed by atoms with Gasteiger partial charge >= 0.3 is 0 Å². The topological polar surface area (TPSA) is 24.5 Å². The number of hydrogen-bond acceptors (Lipinski definition) is 3. The fourth-order valence-corrected chi connectivity index (χ4v) is 2.49. The first-order valence-electron chi connectivity index (χ1n) is 8.05. The summed E-state index contributed by atoms with van der Waals surface area (Å²) in [7, 11) is 2.18. The summed E-state index contributed by atoms with van der Waals surface area (Å²) in [6, 6.07) is 8.78. The third kappa shape index (κ3) is 6.16. The number of nitrogens with zero attached hydrogens (tertiary/aromatic N) is 1. The van der Waals surface area contributed by atoms with Gasteiger partial charge in [-0.3, -0.25) is 0 Å². The number of likely N-dealkylation sites (tertiary alicyclic amines) is 1. The number of nitrogens with one attached hydrogen (secondary N) is 1. The Labute approximate surface area is 129 Å². The Kier molecular flexibility index (Phi) is 5.80. The molecule has 0 spiro atoms. The van der Waals surface area contributed by atoms with Crippen LogP contribution in [0.1, 0.15) is 44.7 Å². The van der Waals surface area contributed by atoms with Crippen LogP contribution >= 0.6 is 0 Å². The first-order valence-corrected chi connectivity index (χ1v) is 8.05. The fourth-order valence-electron chi connectivity index (χ4n) is 2.49. The predicted octanol–water partition coefficient (Wildman–Crippen LogP) is 3.19. The molecule has 0 amide bonds. The van der Waals surface area contributed by atoms with Crippen molar-refractivity contribution in [3.05, 3.63) is 35.4 Å². The molecule has 1 aliphatic rings. The molecule has 1 saturated heterocycles. The molecule has 0 saturated carbocycles. The monoisotopic (exact) mass is 290 g/mol. The molecule has 118 valence electrons. The lowest BCUT2D eigenvalue weighted by Crippen LogP contribution is -2.35. The summed E-state index contributed by atoms with van der Waals surface area (Å²) in [5, 5.41) is 3.51. The van der Waals surface area contributed by atoms with Crippen molar-refractivity contribution in [3.63, 3.8) is 0 Å².